The standard InChI is InChI=1S/C7H4N4O/c8-2-4-1-5-3-10-11-7(5)12-6(4)9/h1,3,9H,(H,10,11). The maximum absolute atomic E-state index is 8.55. The number of aromatic amines is 1. The molecule has 5 nitrogen and oxygen atoms in total. The molecule has 12 heavy (non-hydrogen) atoms. The molecule has 0 bridgehead atoms. The van der Waals surface area contributed by atoms with Crippen LogP contribution in [-0.2, 0) is 0 Å². The Morgan fingerprint density at radius 2 is 2.50 bits per heavy atom. The van der Waals surface area contributed by atoms with Crippen LogP contribution in [0.3, 0.4) is 0 Å². The van der Waals surface area contributed by atoms with Gasteiger partial charge in [0.25, 0.3) is 0 Å². The molecule has 2 heterocycles. The van der Waals surface area contributed by atoms with Crippen molar-refractivity contribution in [2.24, 2.45) is 0 Å². The third-order valence-corrected chi connectivity index (χ3v) is 1.50. The van der Waals surface area contributed by atoms with E-state index in [1.54, 1.807) is 12.3 Å². The maximum atomic E-state index is 8.55. The zero-order valence-corrected chi connectivity index (χ0v) is 5.96. The van der Waals surface area contributed by atoms with E-state index < -0.39 is 0 Å². The Balaban J connectivity index is 2.93. The van der Waals surface area contributed by atoms with Gasteiger partial charge in [-0.05, 0) is 6.07 Å². The predicted molar refractivity (Wildman–Crippen MR) is 38.9 cm³/mol. The van der Waals surface area contributed by atoms with Crippen LogP contribution in [0.15, 0.2) is 16.7 Å². The van der Waals surface area contributed by atoms with Gasteiger partial charge in [0.05, 0.1) is 11.6 Å². The first-order valence-electron chi connectivity index (χ1n) is 3.23. The molecule has 5 heteroatoms. The van der Waals surface area contributed by atoms with Crippen molar-refractivity contribution in [3.8, 4) is 6.07 Å². The van der Waals surface area contributed by atoms with Crippen molar-refractivity contribution in [1.29, 1.82) is 10.7 Å². The van der Waals surface area contributed by atoms with E-state index in [9.17, 15) is 0 Å². The molecular weight excluding hydrogens is 156 g/mol. The number of nitrogens with zero attached hydrogens (tertiary/aromatic N) is 2. The van der Waals surface area contributed by atoms with Crippen LogP contribution in [0.2, 0.25) is 0 Å². The molecule has 2 rings (SSSR count). The summed E-state index contributed by atoms with van der Waals surface area (Å²) in [5.41, 5.74) is 0.483. The number of aromatic nitrogens is 2. The zero-order valence-electron chi connectivity index (χ0n) is 5.96. The molecule has 0 aliphatic rings. The fourth-order valence-electron chi connectivity index (χ4n) is 0.929. The molecule has 0 aromatic carbocycles. The molecule has 2 N–H and O–H groups in total. The molecule has 0 fully saturated rings. The Bertz CT molecular complexity index is 516. The van der Waals surface area contributed by atoms with Gasteiger partial charge in [0, 0.05) is 0 Å². The summed E-state index contributed by atoms with van der Waals surface area (Å²) in [6.45, 7) is 0. The summed E-state index contributed by atoms with van der Waals surface area (Å²) in [7, 11) is 0. The van der Waals surface area contributed by atoms with Crippen molar-refractivity contribution >= 4 is 11.1 Å². The summed E-state index contributed by atoms with van der Waals surface area (Å²) in [6, 6.07) is 3.41. The summed E-state index contributed by atoms with van der Waals surface area (Å²) in [6.07, 6.45) is 1.54. The van der Waals surface area contributed by atoms with Gasteiger partial charge < -0.3 is 4.42 Å². The molecule has 0 atom stereocenters. The predicted octanol–water partition coefficient (Wildman–Crippen LogP) is 0.507. The molecule has 0 radical (unpaired) electrons. The second-order valence-corrected chi connectivity index (χ2v) is 2.26. The highest BCUT2D eigenvalue weighted by Crippen LogP contribution is 2.07. The third-order valence-electron chi connectivity index (χ3n) is 1.50. The van der Waals surface area contributed by atoms with Crippen LogP contribution in [0.25, 0.3) is 11.1 Å². The van der Waals surface area contributed by atoms with Crippen LogP contribution < -0.4 is 5.55 Å². The highest BCUT2D eigenvalue weighted by atomic mass is 16.3. The monoisotopic (exact) mass is 160 g/mol. The minimum Gasteiger partial charge on any atom is -0.420 e. The van der Waals surface area contributed by atoms with Gasteiger partial charge >= 0.3 is 0 Å². The van der Waals surface area contributed by atoms with Crippen molar-refractivity contribution in [2.45, 2.75) is 0 Å². The topological polar surface area (TPSA) is 89.5 Å². The molecule has 2 aromatic heterocycles. The lowest BCUT2D eigenvalue weighted by Crippen LogP contribution is -2.02. The van der Waals surface area contributed by atoms with Gasteiger partial charge in [-0.3, -0.25) is 5.41 Å². The average Bonchev–Trinajstić information content (AvgIpc) is 2.49. The lowest BCUT2D eigenvalue weighted by Gasteiger charge is -1.88. The molecule has 0 saturated heterocycles. The average molecular weight is 160 g/mol. The van der Waals surface area contributed by atoms with Crippen LogP contribution in [0.1, 0.15) is 5.56 Å². The number of fused-ring (bicyclic) bond motifs is 1. The number of nitrogens with one attached hydrogen (secondary N) is 2. The minimum absolute atomic E-state index is 0.144. The smallest absolute Gasteiger partial charge is 0.231 e. The number of rotatable bonds is 0. The van der Waals surface area contributed by atoms with Gasteiger partial charge in [-0.25, -0.2) is 5.10 Å². The first kappa shape index (κ1) is 6.61. The van der Waals surface area contributed by atoms with Crippen LogP contribution in [0.5, 0.6) is 0 Å². The Hall–Kier alpha value is -2.09. The number of hydrogen-bond acceptors (Lipinski definition) is 4. The summed E-state index contributed by atoms with van der Waals surface area (Å²) in [5.74, 6) is 0. The normalized spacial score (nSPS) is 9.92. The fraction of sp³-hybridized carbons (Fsp3) is 0. The second-order valence-electron chi connectivity index (χ2n) is 2.26. The van der Waals surface area contributed by atoms with Gasteiger partial charge in [0.15, 0.2) is 0 Å². The lowest BCUT2D eigenvalue weighted by atomic mass is 10.3. The quantitative estimate of drug-likeness (QED) is 0.588. The fourth-order valence-corrected chi connectivity index (χ4v) is 0.929. The number of nitriles is 1. The lowest BCUT2D eigenvalue weighted by molar-refractivity contribution is 0.519. The summed E-state index contributed by atoms with van der Waals surface area (Å²) >= 11 is 0. The van der Waals surface area contributed by atoms with Crippen LogP contribution in [0, 0.1) is 16.7 Å². The molecule has 0 unspecified atom stereocenters. The Labute approximate surface area is 66.8 Å². The Morgan fingerprint density at radius 1 is 1.67 bits per heavy atom. The first-order chi connectivity index (χ1) is 5.81. The van der Waals surface area contributed by atoms with E-state index in [1.165, 1.54) is 0 Å². The van der Waals surface area contributed by atoms with Crippen LogP contribution in [-0.4, -0.2) is 10.2 Å². The van der Waals surface area contributed by atoms with E-state index in [2.05, 4.69) is 10.2 Å². The van der Waals surface area contributed by atoms with E-state index >= 15 is 0 Å². The Kier molecular flexibility index (Phi) is 1.21. The molecule has 0 amide bonds. The molecule has 0 aliphatic carbocycles. The van der Waals surface area contributed by atoms with E-state index in [0.29, 0.717) is 11.1 Å². The van der Waals surface area contributed by atoms with Crippen molar-refractivity contribution < 1.29 is 4.42 Å². The molecule has 0 spiro atoms. The second kappa shape index (κ2) is 2.20. The highest BCUT2D eigenvalue weighted by molar-refractivity contribution is 5.72. The summed E-state index contributed by atoms with van der Waals surface area (Å²) < 4.78 is 4.95. The molecule has 58 valence electrons. The van der Waals surface area contributed by atoms with Crippen molar-refractivity contribution in [3.63, 3.8) is 0 Å². The highest BCUT2D eigenvalue weighted by Gasteiger charge is 2.01. The summed E-state index contributed by atoms with van der Waals surface area (Å²) in [4.78, 5) is 0. The van der Waals surface area contributed by atoms with Gasteiger partial charge in [-0.2, -0.15) is 10.4 Å². The number of hydrogen-bond donors (Lipinski definition) is 2. The van der Waals surface area contributed by atoms with Gasteiger partial charge in [-0.15, -0.1) is 0 Å². The minimum atomic E-state index is -0.144. The molecule has 2 aromatic rings. The van der Waals surface area contributed by atoms with Crippen LogP contribution in [0.4, 0.5) is 0 Å². The van der Waals surface area contributed by atoms with Gasteiger partial charge in [-0.1, -0.05) is 0 Å². The largest absolute Gasteiger partial charge is 0.420 e. The van der Waals surface area contributed by atoms with Crippen LogP contribution >= 0.6 is 0 Å². The summed E-state index contributed by atoms with van der Waals surface area (Å²) in [5, 5.41) is 22.8. The molecule has 0 aliphatic heterocycles. The van der Waals surface area contributed by atoms with E-state index in [-0.39, 0.29) is 11.1 Å². The number of H-pyrrole nitrogens is 1. The van der Waals surface area contributed by atoms with E-state index in [0.717, 1.165) is 0 Å². The van der Waals surface area contributed by atoms with E-state index in [4.69, 9.17) is 15.1 Å². The first-order valence-corrected chi connectivity index (χ1v) is 3.23. The van der Waals surface area contributed by atoms with Gasteiger partial charge in [0.2, 0.25) is 11.3 Å². The molecular formula is C7H4N4O. The van der Waals surface area contributed by atoms with Crippen molar-refractivity contribution in [2.75, 3.05) is 0 Å². The van der Waals surface area contributed by atoms with Gasteiger partial charge in [0.1, 0.15) is 11.6 Å². The van der Waals surface area contributed by atoms with E-state index in [1.807, 2.05) is 6.07 Å². The zero-order chi connectivity index (χ0) is 8.55. The Morgan fingerprint density at radius 3 is 3.25 bits per heavy atom. The van der Waals surface area contributed by atoms with Crippen molar-refractivity contribution in [3.05, 3.63) is 23.4 Å². The maximum Gasteiger partial charge on any atom is 0.231 e. The molecule has 0 saturated carbocycles. The van der Waals surface area contributed by atoms with Crippen molar-refractivity contribution in [1.82, 2.24) is 10.2 Å². The SMILES string of the molecule is N#Cc1cc2cn[nH]c2oc1=N. The third kappa shape index (κ3) is 0.787.